The van der Waals surface area contributed by atoms with Crippen LogP contribution >= 0.6 is 0 Å². The molecule has 0 aromatic heterocycles. The Labute approximate surface area is 282 Å². The maximum Gasteiger partial charge on any atom is 0.407 e. The molecule has 14 nitrogen and oxygen atoms in total. The molecule has 0 aliphatic heterocycles. The van der Waals surface area contributed by atoms with E-state index >= 15 is 0 Å². The molecule has 2 amide bonds. The van der Waals surface area contributed by atoms with E-state index in [1.54, 1.807) is 0 Å². The van der Waals surface area contributed by atoms with Crippen LogP contribution in [0.5, 0.6) is 0 Å². The summed E-state index contributed by atoms with van der Waals surface area (Å²) >= 11 is 0. The van der Waals surface area contributed by atoms with Gasteiger partial charge in [0.05, 0.1) is 0 Å². The molecule has 2 N–H and O–H groups in total. The lowest BCUT2D eigenvalue weighted by Gasteiger charge is -2.46. The van der Waals surface area contributed by atoms with Crippen molar-refractivity contribution in [3.05, 3.63) is 48.6 Å². The van der Waals surface area contributed by atoms with Gasteiger partial charge in [-0.1, -0.05) is 47.1 Å². The Hall–Kier alpha value is -4.62. The predicted octanol–water partition coefficient (Wildman–Crippen LogP) is 4.24. The quantitative estimate of drug-likeness (QED) is 0.127. The van der Waals surface area contributed by atoms with Crippen LogP contribution in [0, 0.1) is 10.8 Å². The molecule has 1 saturated carbocycles. The first-order valence-electron chi connectivity index (χ1n) is 15.3. The zero-order valence-electron chi connectivity index (χ0n) is 29.1. The molecule has 0 saturated heterocycles. The number of carbonyl (C=O) groups is 6. The van der Waals surface area contributed by atoms with E-state index in [2.05, 4.69) is 36.9 Å². The minimum Gasteiger partial charge on any atom is -0.458 e. The first-order chi connectivity index (χ1) is 22.1. The van der Waals surface area contributed by atoms with E-state index in [0.29, 0.717) is 19.3 Å². The van der Waals surface area contributed by atoms with Crippen molar-refractivity contribution >= 4 is 36.1 Å². The molecule has 48 heavy (non-hydrogen) atoms. The van der Waals surface area contributed by atoms with Crippen LogP contribution < -0.4 is 10.6 Å². The third kappa shape index (κ3) is 15.8. The van der Waals surface area contributed by atoms with Crippen molar-refractivity contribution in [1.29, 1.82) is 0 Å². The van der Waals surface area contributed by atoms with Crippen LogP contribution in [0.1, 0.15) is 67.7 Å². The highest BCUT2D eigenvalue weighted by molar-refractivity contribution is 5.88. The lowest BCUT2D eigenvalue weighted by Crippen LogP contribution is -2.51. The van der Waals surface area contributed by atoms with Gasteiger partial charge in [-0.15, -0.1) is 0 Å². The van der Waals surface area contributed by atoms with E-state index in [4.69, 9.17) is 28.4 Å². The van der Waals surface area contributed by atoms with Gasteiger partial charge in [-0.3, -0.25) is 0 Å². The van der Waals surface area contributed by atoms with E-state index in [9.17, 15) is 28.8 Å². The summed E-state index contributed by atoms with van der Waals surface area (Å²) in [6, 6.07) is -0.378. The van der Waals surface area contributed by atoms with Gasteiger partial charge in [0.25, 0.3) is 0 Å². The van der Waals surface area contributed by atoms with E-state index in [1.165, 1.54) is 27.7 Å². The number of hydrogen-bond acceptors (Lipinski definition) is 12. The summed E-state index contributed by atoms with van der Waals surface area (Å²) in [5.41, 5.74) is -0.201. The number of rotatable bonds is 17. The molecule has 2 atom stereocenters. The zero-order chi connectivity index (χ0) is 36.8. The van der Waals surface area contributed by atoms with Gasteiger partial charge in [-0.2, -0.15) is 0 Å². The summed E-state index contributed by atoms with van der Waals surface area (Å²) in [7, 11) is 0. The smallest absolute Gasteiger partial charge is 0.407 e. The van der Waals surface area contributed by atoms with Crippen molar-refractivity contribution in [2.24, 2.45) is 10.8 Å². The first-order valence-corrected chi connectivity index (χ1v) is 15.3. The molecule has 1 fully saturated rings. The molecule has 1 rings (SSSR count). The molecule has 1 aliphatic rings. The fourth-order valence-electron chi connectivity index (χ4n) is 5.10. The second-order valence-electron chi connectivity index (χ2n) is 13.3. The van der Waals surface area contributed by atoms with Crippen molar-refractivity contribution in [2.45, 2.75) is 86.0 Å². The Morgan fingerprint density at radius 1 is 0.625 bits per heavy atom. The average molecular weight is 679 g/mol. The normalized spacial score (nSPS) is 18.1. The first kappa shape index (κ1) is 41.4. The largest absolute Gasteiger partial charge is 0.458 e. The van der Waals surface area contributed by atoms with Gasteiger partial charge in [0.1, 0.15) is 26.4 Å². The fraction of sp³-hybridized carbons (Fsp3) is 0.588. The summed E-state index contributed by atoms with van der Waals surface area (Å²) in [5, 5.41) is 5.57. The number of esters is 4. The number of hydrogen-bond donors (Lipinski definition) is 2. The van der Waals surface area contributed by atoms with Gasteiger partial charge in [0, 0.05) is 34.9 Å². The van der Waals surface area contributed by atoms with Crippen LogP contribution in [-0.2, 0) is 47.6 Å². The molecule has 2 unspecified atom stereocenters. The van der Waals surface area contributed by atoms with Gasteiger partial charge < -0.3 is 39.1 Å². The fourth-order valence-corrected chi connectivity index (χ4v) is 5.10. The Morgan fingerprint density at radius 3 is 1.33 bits per heavy atom. The summed E-state index contributed by atoms with van der Waals surface area (Å²) in [6.45, 7) is 24.5. The standard InChI is InChI=1S/C34H50N2O12/c1-20(2)27(37)43-14-25(15-44-28(38)21(3)4)47-31(41)35-19-34(11)13-24(12-33(9,10)18-34)36-32(42)48-26(16-45-29(39)22(5)6)17-46-30(40)23(7)8/h24-26H,1,3,5,7,12-19H2,2,4,6,8-11H3,(H,35,41)(H,36,42). The van der Waals surface area contributed by atoms with E-state index in [1.807, 2.05) is 20.8 Å². The molecule has 0 spiro atoms. The zero-order valence-corrected chi connectivity index (χ0v) is 29.1. The number of amides is 2. The second kappa shape index (κ2) is 18.6. The van der Waals surface area contributed by atoms with Crippen molar-refractivity contribution in [2.75, 3.05) is 33.0 Å². The van der Waals surface area contributed by atoms with Crippen LogP contribution in [0.2, 0.25) is 0 Å². The number of ether oxygens (including phenoxy) is 6. The maximum absolute atomic E-state index is 13.0. The molecule has 0 bridgehead atoms. The lowest BCUT2D eigenvalue weighted by atomic mass is 9.62. The van der Waals surface area contributed by atoms with Gasteiger partial charge >= 0.3 is 36.1 Å². The summed E-state index contributed by atoms with van der Waals surface area (Å²) in [6.07, 6.45) is -2.13. The van der Waals surface area contributed by atoms with E-state index in [0.717, 1.165) is 0 Å². The van der Waals surface area contributed by atoms with Crippen molar-refractivity contribution in [3.8, 4) is 0 Å². The number of alkyl carbamates (subject to hydrolysis) is 2. The minimum atomic E-state index is -1.10. The minimum absolute atomic E-state index is 0.143. The summed E-state index contributed by atoms with van der Waals surface area (Å²) < 4.78 is 31.3. The van der Waals surface area contributed by atoms with E-state index < -0.39 is 53.7 Å². The molecule has 268 valence electrons. The molecule has 0 aromatic rings. The van der Waals surface area contributed by atoms with Crippen molar-refractivity contribution in [1.82, 2.24) is 10.6 Å². The molecule has 1 aliphatic carbocycles. The molecular weight excluding hydrogens is 628 g/mol. The maximum atomic E-state index is 13.0. The Balaban J connectivity index is 2.89. The monoisotopic (exact) mass is 678 g/mol. The van der Waals surface area contributed by atoms with Crippen LogP contribution in [0.15, 0.2) is 48.6 Å². The molecule has 0 radical (unpaired) electrons. The SMILES string of the molecule is C=C(C)C(=O)OCC(COC(=O)C(=C)C)OC(=O)NCC1(C)CC(NC(=O)OC(COC(=O)C(=C)C)COC(=O)C(=C)C)CC(C)(C)C1. The Kier molecular flexibility index (Phi) is 16.1. The van der Waals surface area contributed by atoms with Crippen LogP contribution in [0.4, 0.5) is 9.59 Å². The average Bonchev–Trinajstić information content (AvgIpc) is 2.96. The van der Waals surface area contributed by atoms with Crippen LogP contribution in [0.3, 0.4) is 0 Å². The van der Waals surface area contributed by atoms with Crippen LogP contribution in [0.25, 0.3) is 0 Å². The summed E-state index contributed by atoms with van der Waals surface area (Å²) in [5.74, 6) is -2.79. The van der Waals surface area contributed by atoms with Crippen LogP contribution in [-0.4, -0.2) is 87.3 Å². The lowest BCUT2D eigenvalue weighted by molar-refractivity contribution is -0.149. The van der Waals surface area contributed by atoms with Crippen molar-refractivity contribution in [3.63, 3.8) is 0 Å². The molecular formula is C34H50N2O12. The summed E-state index contributed by atoms with van der Waals surface area (Å²) in [4.78, 5) is 73.3. The molecule has 14 heteroatoms. The number of carbonyl (C=O) groups excluding carboxylic acids is 6. The molecule has 0 heterocycles. The van der Waals surface area contributed by atoms with Crippen molar-refractivity contribution < 1.29 is 57.2 Å². The third-order valence-electron chi connectivity index (χ3n) is 6.97. The van der Waals surface area contributed by atoms with Gasteiger partial charge in [-0.05, 0) is 57.8 Å². The topological polar surface area (TPSA) is 182 Å². The second-order valence-corrected chi connectivity index (χ2v) is 13.3. The highest BCUT2D eigenvalue weighted by Crippen LogP contribution is 2.45. The highest BCUT2D eigenvalue weighted by atomic mass is 16.6. The Morgan fingerprint density at radius 2 is 0.979 bits per heavy atom. The van der Waals surface area contributed by atoms with Gasteiger partial charge in [-0.25, -0.2) is 28.8 Å². The molecule has 0 aromatic carbocycles. The predicted molar refractivity (Wildman–Crippen MR) is 174 cm³/mol. The number of nitrogens with one attached hydrogen (secondary N) is 2. The highest BCUT2D eigenvalue weighted by Gasteiger charge is 2.42. The van der Waals surface area contributed by atoms with E-state index in [-0.39, 0.29) is 66.7 Å². The third-order valence-corrected chi connectivity index (χ3v) is 6.97. The Bertz CT molecular complexity index is 1230. The van der Waals surface area contributed by atoms with Gasteiger partial charge in [0.15, 0.2) is 12.2 Å². The van der Waals surface area contributed by atoms with Gasteiger partial charge in [0.2, 0.25) is 0 Å².